The van der Waals surface area contributed by atoms with Crippen molar-refractivity contribution in [1.82, 2.24) is 19.5 Å². The van der Waals surface area contributed by atoms with Crippen LogP contribution in [0.5, 0.6) is 0 Å². The van der Waals surface area contributed by atoms with E-state index in [4.69, 9.17) is 19.4 Å². The second kappa shape index (κ2) is 12.7. The summed E-state index contributed by atoms with van der Waals surface area (Å²) in [6.45, 7) is 0. The molecule has 0 saturated carbocycles. The van der Waals surface area contributed by atoms with Gasteiger partial charge in [0.15, 0.2) is 17.5 Å². The molecule has 0 aliphatic rings. The fourth-order valence-electron chi connectivity index (χ4n) is 9.33. The van der Waals surface area contributed by atoms with Crippen molar-refractivity contribution in [1.29, 1.82) is 0 Å². The van der Waals surface area contributed by atoms with Gasteiger partial charge in [0.25, 0.3) is 0 Å². The zero-order valence-electron chi connectivity index (χ0n) is 32.2. The van der Waals surface area contributed by atoms with Gasteiger partial charge in [0.05, 0.1) is 22.1 Å². The molecule has 0 radical (unpaired) electrons. The molecule has 0 saturated heterocycles. The Morgan fingerprint density at radius 3 is 1.70 bits per heavy atom. The SMILES string of the molecule is c1ccc(-c2nc(-c3ccc4ccccc4c3)nc(-c3cc(-n4c5cc6ccccc6cc5c5c6ccccc6ccc54)c4c(c3)oc3c5ccccc5ccc34)n2)cc1. The smallest absolute Gasteiger partial charge is 0.164 e. The van der Waals surface area contributed by atoms with Gasteiger partial charge in [-0.25, -0.2) is 15.0 Å². The molecule has 0 fully saturated rings. The molecule has 0 aliphatic carbocycles. The van der Waals surface area contributed by atoms with Gasteiger partial charge in [-0.3, -0.25) is 0 Å². The minimum absolute atomic E-state index is 0.567. The van der Waals surface area contributed by atoms with Crippen LogP contribution in [0, 0.1) is 0 Å². The summed E-state index contributed by atoms with van der Waals surface area (Å²) >= 11 is 0. The van der Waals surface area contributed by atoms with E-state index in [-0.39, 0.29) is 0 Å². The van der Waals surface area contributed by atoms with Crippen LogP contribution in [0.4, 0.5) is 0 Å². The standard InChI is InChI=1S/C55H32N4O/c1-2-15-36(16-3-1)53-56-54(40-23-22-33-12-4-5-17-37(33)28-40)58-55(57-53)41-31-48(51-44-26-24-35-14-9-11-21-43(35)52(44)60-49(51)32-41)59-46-27-25-34-13-8-10-20-42(34)50(46)45-29-38-18-6-7-19-39(38)30-47(45)59/h1-32H. The van der Waals surface area contributed by atoms with Gasteiger partial charge in [0, 0.05) is 38.2 Å². The van der Waals surface area contributed by atoms with Crippen molar-refractivity contribution in [3.8, 4) is 39.9 Å². The quantitative estimate of drug-likeness (QED) is 0.179. The van der Waals surface area contributed by atoms with Gasteiger partial charge in [-0.05, 0) is 80.2 Å². The van der Waals surface area contributed by atoms with Crippen LogP contribution in [0.1, 0.15) is 0 Å². The molecule has 0 aliphatic heterocycles. The zero-order valence-corrected chi connectivity index (χ0v) is 32.2. The first-order valence-electron chi connectivity index (χ1n) is 20.3. The maximum atomic E-state index is 7.02. The molecular weight excluding hydrogens is 733 g/mol. The summed E-state index contributed by atoms with van der Waals surface area (Å²) < 4.78 is 9.46. The number of hydrogen-bond acceptors (Lipinski definition) is 4. The van der Waals surface area contributed by atoms with E-state index < -0.39 is 0 Å². The van der Waals surface area contributed by atoms with E-state index in [2.05, 4.69) is 180 Å². The van der Waals surface area contributed by atoms with E-state index >= 15 is 0 Å². The highest BCUT2D eigenvalue weighted by Gasteiger charge is 2.23. The number of aromatic nitrogens is 4. The fourth-order valence-corrected chi connectivity index (χ4v) is 9.33. The highest BCUT2D eigenvalue weighted by molar-refractivity contribution is 6.25. The predicted octanol–water partition coefficient (Wildman–Crippen LogP) is 14.5. The first-order valence-corrected chi connectivity index (χ1v) is 20.3. The minimum Gasteiger partial charge on any atom is -0.455 e. The van der Waals surface area contributed by atoms with Gasteiger partial charge in [-0.1, -0.05) is 152 Å². The van der Waals surface area contributed by atoms with E-state index in [1.807, 2.05) is 18.2 Å². The Morgan fingerprint density at radius 2 is 0.917 bits per heavy atom. The lowest BCUT2D eigenvalue weighted by Gasteiger charge is -2.14. The molecule has 0 spiro atoms. The van der Waals surface area contributed by atoms with Crippen molar-refractivity contribution in [2.75, 3.05) is 0 Å². The second-order valence-electron chi connectivity index (χ2n) is 15.6. The van der Waals surface area contributed by atoms with E-state index in [0.29, 0.717) is 17.5 Å². The highest BCUT2D eigenvalue weighted by atomic mass is 16.3. The summed E-state index contributed by atoms with van der Waals surface area (Å²) in [6, 6.07) is 68.7. The van der Waals surface area contributed by atoms with Crippen molar-refractivity contribution in [2.24, 2.45) is 0 Å². The predicted molar refractivity (Wildman–Crippen MR) is 248 cm³/mol. The summed E-state index contributed by atoms with van der Waals surface area (Å²) in [7, 11) is 0. The first-order chi connectivity index (χ1) is 29.7. The normalized spacial score (nSPS) is 12.0. The number of rotatable bonds is 4. The lowest BCUT2D eigenvalue weighted by atomic mass is 10.0. The molecule has 3 aromatic heterocycles. The Morgan fingerprint density at radius 1 is 0.333 bits per heavy atom. The molecule has 0 unspecified atom stereocenters. The monoisotopic (exact) mass is 764 g/mol. The summed E-state index contributed by atoms with van der Waals surface area (Å²) in [6.07, 6.45) is 0. The molecule has 0 amide bonds. The summed E-state index contributed by atoms with van der Waals surface area (Å²) in [5.74, 6) is 1.78. The Labute approximate surface area is 343 Å². The highest BCUT2D eigenvalue weighted by Crippen LogP contribution is 2.45. The Balaban J connectivity index is 1.17. The zero-order chi connectivity index (χ0) is 39.3. The third kappa shape index (κ3) is 4.96. The molecule has 10 aromatic carbocycles. The lowest BCUT2D eigenvalue weighted by molar-refractivity contribution is 0.672. The van der Waals surface area contributed by atoms with Crippen LogP contribution in [-0.4, -0.2) is 19.5 Å². The van der Waals surface area contributed by atoms with Crippen molar-refractivity contribution in [2.45, 2.75) is 0 Å². The summed E-state index contributed by atoms with van der Waals surface area (Å²) in [5, 5.41) is 13.8. The Kier molecular flexibility index (Phi) is 6.95. The van der Waals surface area contributed by atoms with E-state index in [1.54, 1.807) is 0 Å². The molecule has 0 bridgehead atoms. The van der Waals surface area contributed by atoms with Crippen LogP contribution in [-0.2, 0) is 0 Å². The third-order valence-corrected chi connectivity index (χ3v) is 12.1. The molecule has 13 rings (SSSR count). The first kappa shape index (κ1) is 32.9. The number of nitrogens with zero attached hydrogens (tertiary/aromatic N) is 4. The van der Waals surface area contributed by atoms with Crippen LogP contribution >= 0.6 is 0 Å². The molecule has 60 heavy (non-hydrogen) atoms. The summed E-state index contributed by atoms with van der Waals surface area (Å²) in [5.41, 5.74) is 7.52. The van der Waals surface area contributed by atoms with E-state index in [1.165, 1.54) is 32.3 Å². The van der Waals surface area contributed by atoms with Crippen LogP contribution in [0.15, 0.2) is 199 Å². The van der Waals surface area contributed by atoms with Gasteiger partial charge in [0.1, 0.15) is 11.2 Å². The van der Waals surface area contributed by atoms with Gasteiger partial charge in [0.2, 0.25) is 0 Å². The van der Waals surface area contributed by atoms with Crippen molar-refractivity contribution in [3.05, 3.63) is 194 Å². The van der Waals surface area contributed by atoms with Gasteiger partial charge in [-0.2, -0.15) is 0 Å². The van der Waals surface area contributed by atoms with Crippen LogP contribution in [0.3, 0.4) is 0 Å². The van der Waals surface area contributed by atoms with Gasteiger partial charge < -0.3 is 8.98 Å². The largest absolute Gasteiger partial charge is 0.455 e. The molecule has 5 heteroatoms. The topological polar surface area (TPSA) is 56.7 Å². The van der Waals surface area contributed by atoms with Crippen LogP contribution in [0.2, 0.25) is 0 Å². The molecule has 3 heterocycles. The molecule has 13 aromatic rings. The van der Waals surface area contributed by atoms with Gasteiger partial charge >= 0.3 is 0 Å². The minimum atomic E-state index is 0.567. The molecule has 0 N–H and O–H groups in total. The van der Waals surface area contributed by atoms with Gasteiger partial charge in [-0.15, -0.1) is 0 Å². The number of hydrogen-bond donors (Lipinski definition) is 0. The molecular formula is C55H32N4O. The lowest BCUT2D eigenvalue weighted by Crippen LogP contribution is -2.01. The molecule has 0 atom stereocenters. The van der Waals surface area contributed by atoms with Crippen molar-refractivity contribution >= 4 is 86.8 Å². The molecule has 278 valence electrons. The van der Waals surface area contributed by atoms with E-state index in [0.717, 1.165) is 76.9 Å². The maximum absolute atomic E-state index is 7.02. The third-order valence-electron chi connectivity index (χ3n) is 12.1. The van der Waals surface area contributed by atoms with Crippen LogP contribution in [0.25, 0.3) is 127 Å². The second-order valence-corrected chi connectivity index (χ2v) is 15.6. The maximum Gasteiger partial charge on any atom is 0.164 e. The average Bonchev–Trinajstić information content (AvgIpc) is 3.86. The Bertz CT molecular complexity index is 3900. The Hall–Kier alpha value is -8.15. The average molecular weight is 765 g/mol. The van der Waals surface area contributed by atoms with E-state index in [9.17, 15) is 0 Å². The number of fused-ring (bicyclic) bond motifs is 12. The molecule has 5 nitrogen and oxygen atoms in total. The number of benzene rings is 10. The fraction of sp³-hybridized carbons (Fsp3) is 0. The number of furan rings is 1. The summed E-state index contributed by atoms with van der Waals surface area (Å²) in [4.78, 5) is 15.6. The van der Waals surface area contributed by atoms with Crippen molar-refractivity contribution < 1.29 is 4.42 Å². The van der Waals surface area contributed by atoms with Crippen molar-refractivity contribution in [3.63, 3.8) is 0 Å². The van der Waals surface area contributed by atoms with Crippen LogP contribution < -0.4 is 0 Å².